The van der Waals surface area contributed by atoms with Gasteiger partial charge in [0.05, 0.1) is 18.2 Å². The normalized spacial score (nSPS) is 19.2. The molecule has 0 saturated carbocycles. The summed E-state index contributed by atoms with van der Waals surface area (Å²) in [5.41, 5.74) is 5.45. The van der Waals surface area contributed by atoms with Crippen LogP contribution >= 0.6 is 12.2 Å². The van der Waals surface area contributed by atoms with Gasteiger partial charge in [-0.05, 0) is 12.8 Å². The van der Waals surface area contributed by atoms with Crippen molar-refractivity contribution in [3.8, 4) is 0 Å². The number of thiocarbonyl (C=S) groups is 1. The lowest BCUT2D eigenvalue weighted by Gasteiger charge is -2.29. The van der Waals surface area contributed by atoms with Gasteiger partial charge < -0.3 is 15.2 Å². The summed E-state index contributed by atoms with van der Waals surface area (Å²) in [7, 11) is 0. The predicted octanol–water partition coefficient (Wildman–Crippen LogP) is 1.45. The van der Waals surface area contributed by atoms with Gasteiger partial charge in [-0.2, -0.15) is 0 Å². The molecule has 0 spiro atoms. The first-order valence-corrected chi connectivity index (χ1v) is 4.95. The molecule has 1 heterocycles. The summed E-state index contributed by atoms with van der Waals surface area (Å²) in [6.07, 6.45) is 1.57. The summed E-state index contributed by atoms with van der Waals surface area (Å²) < 4.78 is 10.9. The van der Waals surface area contributed by atoms with Gasteiger partial charge in [0.25, 0.3) is 0 Å². The van der Waals surface area contributed by atoms with Crippen molar-refractivity contribution in [1.82, 2.24) is 0 Å². The molecule has 1 aliphatic heterocycles. The highest BCUT2D eigenvalue weighted by atomic mass is 32.1. The Labute approximate surface area is 84.6 Å². The van der Waals surface area contributed by atoms with Crippen molar-refractivity contribution < 1.29 is 9.47 Å². The molecule has 0 aromatic heterocycles. The van der Waals surface area contributed by atoms with Crippen molar-refractivity contribution >= 4 is 17.2 Å². The van der Waals surface area contributed by atoms with Crippen molar-refractivity contribution in [3.63, 3.8) is 0 Å². The Morgan fingerprint density at radius 2 is 2.00 bits per heavy atom. The first kappa shape index (κ1) is 10.9. The van der Waals surface area contributed by atoms with Crippen LogP contribution in [0.1, 0.15) is 26.7 Å². The average Bonchev–Trinajstić information content (AvgIpc) is 2.53. The third-order valence-electron chi connectivity index (χ3n) is 2.28. The highest BCUT2D eigenvalue weighted by Gasteiger charge is 2.33. The maximum absolute atomic E-state index is 5.45. The van der Waals surface area contributed by atoms with E-state index in [9.17, 15) is 0 Å². The molecule has 0 radical (unpaired) electrons. The Morgan fingerprint density at radius 3 is 2.46 bits per heavy atom. The molecule has 2 N–H and O–H groups in total. The van der Waals surface area contributed by atoms with Crippen LogP contribution in [-0.2, 0) is 9.47 Å². The quantitative estimate of drug-likeness (QED) is 0.702. The standard InChI is InChI=1S/C9H17NO2S/c1-9(2,4-3-7(10)13)8-11-5-6-12-8/h8H,3-6H2,1-2H3,(H2,10,13). The Morgan fingerprint density at radius 1 is 1.46 bits per heavy atom. The smallest absolute Gasteiger partial charge is 0.162 e. The van der Waals surface area contributed by atoms with Gasteiger partial charge in [0.15, 0.2) is 6.29 Å². The van der Waals surface area contributed by atoms with Crippen LogP contribution in [0.5, 0.6) is 0 Å². The molecular weight excluding hydrogens is 186 g/mol. The van der Waals surface area contributed by atoms with Crippen molar-refractivity contribution in [2.24, 2.45) is 11.1 Å². The molecular formula is C9H17NO2S. The first-order valence-electron chi connectivity index (χ1n) is 4.54. The summed E-state index contributed by atoms with van der Waals surface area (Å²) in [6.45, 7) is 5.62. The molecule has 1 rings (SSSR count). The molecule has 0 aromatic carbocycles. The average molecular weight is 203 g/mol. The van der Waals surface area contributed by atoms with Crippen molar-refractivity contribution in [3.05, 3.63) is 0 Å². The summed E-state index contributed by atoms with van der Waals surface area (Å²) in [5, 5.41) is 0. The lowest BCUT2D eigenvalue weighted by molar-refractivity contribution is -0.121. The van der Waals surface area contributed by atoms with E-state index in [0.717, 1.165) is 12.8 Å². The van der Waals surface area contributed by atoms with Crippen LogP contribution in [0.15, 0.2) is 0 Å². The fourth-order valence-corrected chi connectivity index (χ4v) is 1.47. The van der Waals surface area contributed by atoms with Gasteiger partial charge in [-0.1, -0.05) is 26.1 Å². The van der Waals surface area contributed by atoms with Crippen LogP contribution in [-0.4, -0.2) is 24.5 Å². The molecule has 4 heteroatoms. The number of nitrogens with two attached hydrogens (primary N) is 1. The second-order valence-electron chi connectivity index (χ2n) is 4.03. The third-order valence-corrected chi connectivity index (χ3v) is 2.48. The monoisotopic (exact) mass is 203 g/mol. The van der Waals surface area contributed by atoms with Gasteiger partial charge in [-0.25, -0.2) is 0 Å². The molecule has 0 bridgehead atoms. The minimum absolute atomic E-state index is 0.0000694. The molecule has 0 unspecified atom stereocenters. The van der Waals surface area contributed by atoms with Crippen LogP contribution in [0.2, 0.25) is 0 Å². The molecule has 0 atom stereocenters. The van der Waals surface area contributed by atoms with Crippen molar-refractivity contribution in [1.29, 1.82) is 0 Å². The molecule has 76 valence electrons. The summed E-state index contributed by atoms with van der Waals surface area (Å²) in [5.74, 6) is 0. The van der Waals surface area contributed by atoms with Crippen LogP contribution in [0.4, 0.5) is 0 Å². The molecule has 0 aliphatic carbocycles. The maximum atomic E-state index is 5.45. The van der Waals surface area contributed by atoms with Gasteiger partial charge in [0.1, 0.15) is 0 Å². The summed E-state index contributed by atoms with van der Waals surface area (Å²) in [4.78, 5) is 0.561. The second kappa shape index (κ2) is 4.35. The fourth-order valence-electron chi connectivity index (χ4n) is 1.37. The molecule has 0 amide bonds. The molecule has 1 fully saturated rings. The van der Waals surface area contributed by atoms with E-state index < -0.39 is 0 Å². The van der Waals surface area contributed by atoms with Gasteiger partial charge in [0.2, 0.25) is 0 Å². The van der Waals surface area contributed by atoms with Gasteiger partial charge in [-0.15, -0.1) is 0 Å². The predicted molar refractivity (Wildman–Crippen MR) is 55.5 cm³/mol. The second-order valence-corrected chi connectivity index (χ2v) is 4.55. The minimum atomic E-state index is -0.0955. The third kappa shape index (κ3) is 3.21. The fraction of sp³-hybridized carbons (Fsp3) is 0.889. The molecule has 1 aliphatic rings. The Bertz CT molecular complexity index is 188. The maximum Gasteiger partial charge on any atom is 0.162 e. The van der Waals surface area contributed by atoms with E-state index in [2.05, 4.69) is 13.8 Å². The SMILES string of the molecule is CC(C)(CCC(N)=S)C1OCCO1. The highest BCUT2D eigenvalue weighted by Crippen LogP contribution is 2.31. The van der Waals surface area contributed by atoms with Gasteiger partial charge in [-0.3, -0.25) is 0 Å². The first-order chi connectivity index (χ1) is 6.02. The Hall–Kier alpha value is -0.190. The molecule has 0 aromatic rings. The Kier molecular flexibility index (Phi) is 3.64. The van der Waals surface area contributed by atoms with Crippen LogP contribution < -0.4 is 5.73 Å². The molecule has 3 nitrogen and oxygen atoms in total. The number of ether oxygens (including phenoxy) is 2. The number of rotatable bonds is 4. The lowest BCUT2D eigenvalue weighted by atomic mass is 9.87. The van der Waals surface area contributed by atoms with E-state index in [4.69, 9.17) is 27.4 Å². The minimum Gasteiger partial charge on any atom is -0.393 e. The van der Waals surface area contributed by atoms with Crippen LogP contribution in [0.3, 0.4) is 0 Å². The summed E-state index contributed by atoms with van der Waals surface area (Å²) in [6, 6.07) is 0. The van der Waals surface area contributed by atoms with E-state index in [-0.39, 0.29) is 11.7 Å². The molecule has 1 saturated heterocycles. The largest absolute Gasteiger partial charge is 0.393 e. The molecule has 13 heavy (non-hydrogen) atoms. The van der Waals surface area contributed by atoms with Gasteiger partial charge >= 0.3 is 0 Å². The zero-order valence-electron chi connectivity index (χ0n) is 8.21. The van der Waals surface area contributed by atoms with E-state index in [1.165, 1.54) is 0 Å². The van der Waals surface area contributed by atoms with E-state index in [1.54, 1.807) is 0 Å². The zero-order chi connectivity index (χ0) is 9.90. The van der Waals surface area contributed by atoms with E-state index in [1.807, 2.05) is 0 Å². The number of hydrogen-bond acceptors (Lipinski definition) is 3. The van der Waals surface area contributed by atoms with Crippen molar-refractivity contribution in [2.75, 3.05) is 13.2 Å². The summed E-state index contributed by atoms with van der Waals surface area (Å²) >= 11 is 4.83. The van der Waals surface area contributed by atoms with E-state index in [0.29, 0.717) is 18.2 Å². The topological polar surface area (TPSA) is 44.5 Å². The van der Waals surface area contributed by atoms with Crippen LogP contribution in [0.25, 0.3) is 0 Å². The van der Waals surface area contributed by atoms with Crippen molar-refractivity contribution in [2.45, 2.75) is 33.0 Å². The Balaban J connectivity index is 2.39. The van der Waals surface area contributed by atoms with Crippen LogP contribution in [0, 0.1) is 5.41 Å². The highest BCUT2D eigenvalue weighted by molar-refractivity contribution is 7.80. The van der Waals surface area contributed by atoms with E-state index >= 15 is 0 Å². The van der Waals surface area contributed by atoms with Gasteiger partial charge in [0, 0.05) is 5.41 Å². The number of hydrogen-bond donors (Lipinski definition) is 1. The lowest BCUT2D eigenvalue weighted by Crippen LogP contribution is -2.31. The zero-order valence-corrected chi connectivity index (χ0v) is 9.02.